The van der Waals surface area contributed by atoms with Gasteiger partial charge in [0, 0.05) is 22.1 Å². The largest absolute Gasteiger partial charge is 0.350 e. The molecular weight excluding hydrogens is 628 g/mol. The number of halogens is 4. The van der Waals surface area contributed by atoms with E-state index in [-0.39, 0.29) is 33.6 Å². The molecule has 0 aromatic heterocycles. The number of anilines is 1. The first-order valence-corrected chi connectivity index (χ1v) is 15.7. The van der Waals surface area contributed by atoms with E-state index in [1.807, 2.05) is 20.8 Å². The van der Waals surface area contributed by atoms with E-state index in [1.54, 1.807) is 43.3 Å². The molecule has 1 N–H and O–H groups in total. The van der Waals surface area contributed by atoms with Crippen molar-refractivity contribution in [2.24, 2.45) is 0 Å². The van der Waals surface area contributed by atoms with Gasteiger partial charge in [-0.05, 0) is 69.2 Å². The molecule has 0 aliphatic rings. The van der Waals surface area contributed by atoms with Crippen molar-refractivity contribution in [2.75, 3.05) is 10.8 Å². The van der Waals surface area contributed by atoms with Crippen LogP contribution in [0.15, 0.2) is 71.6 Å². The minimum absolute atomic E-state index is 0.0213. The van der Waals surface area contributed by atoms with Crippen molar-refractivity contribution in [2.45, 2.75) is 57.1 Å². The molecule has 7 nitrogen and oxygen atoms in total. The zero-order valence-electron chi connectivity index (χ0n) is 23.0. The van der Waals surface area contributed by atoms with E-state index in [1.165, 1.54) is 35.2 Å². The van der Waals surface area contributed by atoms with Crippen molar-refractivity contribution >= 4 is 73.9 Å². The topological polar surface area (TPSA) is 86.8 Å². The van der Waals surface area contributed by atoms with Crippen LogP contribution >= 0.6 is 46.4 Å². The lowest BCUT2D eigenvalue weighted by atomic mass is 10.1. The van der Waals surface area contributed by atoms with E-state index >= 15 is 0 Å². The normalized spacial score (nSPS) is 12.5. The lowest BCUT2D eigenvalue weighted by Gasteiger charge is -2.35. The highest BCUT2D eigenvalue weighted by Crippen LogP contribution is 2.36. The maximum atomic E-state index is 14.1. The van der Waals surface area contributed by atoms with Gasteiger partial charge >= 0.3 is 0 Å². The molecule has 0 radical (unpaired) electrons. The van der Waals surface area contributed by atoms with Gasteiger partial charge in [0.05, 0.1) is 20.6 Å². The molecule has 3 rings (SSSR count). The lowest BCUT2D eigenvalue weighted by molar-refractivity contribution is -0.141. The SMILES string of the molecule is CC[C@@H](C(=O)NC(C)(C)C)N(Cc1ccc(Cl)cc1Cl)C(=O)CN(c1cccc(Cl)c1Cl)S(=O)(=O)c1ccccc1. The average Bonchev–Trinajstić information content (AvgIpc) is 2.89. The molecule has 0 unspecified atom stereocenters. The molecule has 0 saturated heterocycles. The van der Waals surface area contributed by atoms with Gasteiger partial charge in [0.2, 0.25) is 11.8 Å². The van der Waals surface area contributed by atoms with Gasteiger partial charge in [-0.25, -0.2) is 8.42 Å². The number of carbonyl (C=O) groups is 2. The molecular formula is C29H31Cl4N3O4S. The molecule has 3 aromatic carbocycles. The number of carbonyl (C=O) groups excluding carboxylic acids is 2. The molecule has 12 heteroatoms. The summed E-state index contributed by atoms with van der Waals surface area (Å²) in [6.07, 6.45) is 0.252. The number of nitrogens with zero attached hydrogens (tertiary/aromatic N) is 2. The van der Waals surface area contributed by atoms with Crippen molar-refractivity contribution in [1.82, 2.24) is 10.2 Å². The summed E-state index contributed by atoms with van der Waals surface area (Å²) in [5.74, 6) is -1.04. The Morgan fingerprint density at radius 1 is 0.902 bits per heavy atom. The van der Waals surface area contributed by atoms with Crippen molar-refractivity contribution < 1.29 is 18.0 Å². The standard InChI is InChI=1S/C29H31Cl4N3O4S/c1-5-24(28(38)34-29(2,3)4)35(17-19-14-15-20(30)16-23(19)32)26(37)18-36(25-13-9-12-22(31)27(25)33)41(39,40)21-10-7-6-8-11-21/h6-16,24H,5,17-18H2,1-4H3,(H,34,38)/t24-/m0/s1. The van der Waals surface area contributed by atoms with Crippen LogP contribution in [0.2, 0.25) is 20.1 Å². The zero-order chi connectivity index (χ0) is 30.5. The highest BCUT2D eigenvalue weighted by molar-refractivity contribution is 7.92. The van der Waals surface area contributed by atoms with Crippen molar-refractivity contribution in [3.8, 4) is 0 Å². The van der Waals surface area contributed by atoms with Crippen molar-refractivity contribution in [3.05, 3.63) is 92.4 Å². The molecule has 0 aliphatic carbocycles. The predicted octanol–water partition coefficient (Wildman–Crippen LogP) is 7.22. The van der Waals surface area contributed by atoms with Crippen LogP contribution in [0, 0.1) is 0 Å². The van der Waals surface area contributed by atoms with Crippen LogP contribution in [0.5, 0.6) is 0 Å². The molecule has 3 aromatic rings. The molecule has 0 heterocycles. The van der Waals surface area contributed by atoms with Gasteiger partial charge in [-0.3, -0.25) is 13.9 Å². The first kappa shape index (κ1) is 33.0. The fourth-order valence-electron chi connectivity index (χ4n) is 4.12. The lowest BCUT2D eigenvalue weighted by Crippen LogP contribution is -2.55. The summed E-state index contributed by atoms with van der Waals surface area (Å²) in [5, 5.41) is 3.70. The molecule has 41 heavy (non-hydrogen) atoms. The first-order valence-electron chi connectivity index (χ1n) is 12.7. The highest BCUT2D eigenvalue weighted by Gasteiger charge is 2.35. The van der Waals surface area contributed by atoms with E-state index in [2.05, 4.69) is 5.32 Å². The van der Waals surface area contributed by atoms with Crippen LogP contribution in [-0.2, 0) is 26.2 Å². The van der Waals surface area contributed by atoms with Gasteiger partial charge < -0.3 is 10.2 Å². The van der Waals surface area contributed by atoms with Gasteiger partial charge in [-0.1, -0.05) is 83.7 Å². The second-order valence-electron chi connectivity index (χ2n) is 10.3. The Morgan fingerprint density at radius 2 is 1.56 bits per heavy atom. The van der Waals surface area contributed by atoms with Crippen molar-refractivity contribution in [3.63, 3.8) is 0 Å². The third-order valence-corrected chi connectivity index (χ3v) is 9.22. The number of hydrogen-bond acceptors (Lipinski definition) is 4. The monoisotopic (exact) mass is 657 g/mol. The summed E-state index contributed by atoms with van der Waals surface area (Å²) >= 11 is 25.2. The van der Waals surface area contributed by atoms with E-state index in [9.17, 15) is 18.0 Å². The Morgan fingerprint density at radius 3 is 2.15 bits per heavy atom. The summed E-state index contributed by atoms with van der Waals surface area (Å²) in [4.78, 5) is 28.8. The molecule has 0 spiro atoms. The number of rotatable bonds is 10. The summed E-state index contributed by atoms with van der Waals surface area (Å²) < 4.78 is 28.7. The quantitative estimate of drug-likeness (QED) is 0.249. The Labute approximate surface area is 261 Å². The highest BCUT2D eigenvalue weighted by atomic mass is 35.5. The zero-order valence-corrected chi connectivity index (χ0v) is 26.8. The maximum Gasteiger partial charge on any atom is 0.264 e. The van der Waals surface area contributed by atoms with Gasteiger partial charge in [0.25, 0.3) is 10.0 Å². The molecule has 0 bridgehead atoms. The maximum absolute atomic E-state index is 14.1. The Kier molecular flexibility index (Phi) is 11.0. The van der Waals surface area contributed by atoms with Crippen molar-refractivity contribution in [1.29, 1.82) is 0 Å². The van der Waals surface area contributed by atoms with E-state index in [4.69, 9.17) is 46.4 Å². The third kappa shape index (κ3) is 8.30. The van der Waals surface area contributed by atoms with Crippen LogP contribution < -0.4 is 9.62 Å². The van der Waals surface area contributed by atoms with Crippen LogP contribution in [0.4, 0.5) is 5.69 Å². The van der Waals surface area contributed by atoms with E-state index in [0.717, 1.165) is 4.31 Å². The van der Waals surface area contributed by atoms with Crippen LogP contribution in [0.1, 0.15) is 39.7 Å². The smallest absolute Gasteiger partial charge is 0.264 e. The summed E-state index contributed by atoms with van der Waals surface area (Å²) in [5.41, 5.74) is -0.0218. The number of benzene rings is 3. The van der Waals surface area contributed by atoms with Gasteiger partial charge in [-0.2, -0.15) is 0 Å². The Bertz CT molecular complexity index is 1510. The Hall–Kier alpha value is -2.49. The van der Waals surface area contributed by atoms with Crippen LogP contribution in [0.25, 0.3) is 0 Å². The van der Waals surface area contributed by atoms with E-state index in [0.29, 0.717) is 15.6 Å². The molecule has 1 atom stereocenters. The summed E-state index contributed by atoms with van der Waals surface area (Å²) in [6.45, 7) is 6.51. The first-order chi connectivity index (χ1) is 19.2. The fourth-order valence-corrected chi connectivity index (χ4v) is 6.49. The molecule has 0 aliphatic heterocycles. The third-order valence-electron chi connectivity index (χ3n) is 6.05. The molecule has 0 saturated carbocycles. The number of nitrogens with one attached hydrogen (secondary N) is 1. The molecule has 2 amide bonds. The number of amides is 2. The average molecular weight is 659 g/mol. The van der Waals surface area contributed by atoms with Gasteiger partial charge in [-0.15, -0.1) is 0 Å². The van der Waals surface area contributed by atoms with Gasteiger partial charge in [0.1, 0.15) is 12.6 Å². The number of hydrogen-bond donors (Lipinski definition) is 1. The summed E-state index contributed by atoms with van der Waals surface area (Å²) in [6, 6.07) is 16.1. The molecule has 0 fully saturated rings. The van der Waals surface area contributed by atoms with Crippen LogP contribution in [0.3, 0.4) is 0 Å². The van der Waals surface area contributed by atoms with Crippen LogP contribution in [-0.4, -0.2) is 43.3 Å². The fraction of sp³-hybridized carbons (Fsp3) is 0.310. The molecule has 220 valence electrons. The number of sulfonamides is 1. The second-order valence-corrected chi connectivity index (χ2v) is 13.8. The van der Waals surface area contributed by atoms with E-state index < -0.39 is 40.0 Å². The predicted molar refractivity (Wildman–Crippen MR) is 166 cm³/mol. The minimum atomic E-state index is -4.29. The summed E-state index contributed by atoms with van der Waals surface area (Å²) in [7, 11) is -4.29. The second kappa shape index (κ2) is 13.7. The van der Waals surface area contributed by atoms with Gasteiger partial charge in [0.15, 0.2) is 0 Å². The minimum Gasteiger partial charge on any atom is -0.350 e. The Balaban J connectivity index is 2.13.